The van der Waals surface area contributed by atoms with Crippen molar-refractivity contribution in [3.63, 3.8) is 0 Å². The number of hydrogen-bond acceptors (Lipinski definition) is 3. The van der Waals surface area contributed by atoms with Gasteiger partial charge in [-0.1, -0.05) is 12.1 Å². The van der Waals surface area contributed by atoms with Crippen LogP contribution in [0.5, 0.6) is 5.75 Å². The summed E-state index contributed by atoms with van der Waals surface area (Å²) in [6.07, 6.45) is 1.69. The molecule has 1 aromatic rings. The maximum absolute atomic E-state index is 11.2. The molecule has 1 fully saturated rings. The molecule has 1 aromatic carbocycles. The predicted octanol–water partition coefficient (Wildman–Crippen LogP) is 2.69. The number of phenols is 1. The van der Waals surface area contributed by atoms with E-state index in [1.54, 1.807) is 0 Å². The Bertz CT molecular complexity index is 489. The van der Waals surface area contributed by atoms with E-state index in [1.807, 2.05) is 26.0 Å². The summed E-state index contributed by atoms with van der Waals surface area (Å²) in [7, 11) is 0. The minimum atomic E-state index is -0.694. The van der Waals surface area contributed by atoms with Crippen LogP contribution in [0.4, 0.5) is 0 Å². The lowest BCUT2D eigenvalue weighted by Gasteiger charge is -2.36. The highest BCUT2D eigenvalue weighted by molar-refractivity contribution is 5.70. The van der Waals surface area contributed by atoms with Gasteiger partial charge in [-0.2, -0.15) is 0 Å². The molecule has 0 radical (unpaired) electrons. The van der Waals surface area contributed by atoms with Gasteiger partial charge in [0.15, 0.2) is 0 Å². The van der Waals surface area contributed by atoms with E-state index < -0.39 is 5.97 Å². The van der Waals surface area contributed by atoms with Crippen LogP contribution in [0, 0.1) is 19.8 Å². The van der Waals surface area contributed by atoms with E-state index in [0.29, 0.717) is 18.3 Å². The number of rotatable bonds is 3. The molecule has 2 atom stereocenters. The molecule has 2 rings (SSSR count). The summed E-state index contributed by atoms with van der Waals surface area (Å²) in [6.45, 7) is 7.29. The monoisotopic (exact) mass is 277 g/mol. The number of hydrogen-bond donors (Lipinski definition) is 2. The van der Waals surface area contributed by atoms with Crippen molar-refractivity contribution in [2.75, 3.05) is 6.54 Å². The lowest BCUT2D eigenvalue weighted by Crippen LogP contribution is -2.43. The second-order valence-electron chi connectivity index (χ2n) is 5.97. The molecule has 0 spiro atoms. The molecule has 4 heteroatoms. The minimum absolute atomic E-state index is 0.259. The molecule has 0 saturated carbocycles. The van der Waals surface area contributed by atoms with Gasteiger partial charge < -0.3 is 10.2 Å². The van der Waals surface area contributed by atoms with Crippen molar-refractivity contribution in [1.82, 2.24) is 4.90 Å². The zero-order valence-corrected chi connectivity index (χ0v) is 12.4. The third kappa shape index (κ3) is 3.12. The Balaban J connectivity index is 2.13. The summed E-state index contributed by atoms with van der Waals surface area (Å²) in [5.74, 6) is -0.602. The summed E-state index contributed by atoms with van der Waals surface area (Å²) in [4.78, 5) is 13.4. The number of benzene rings is 1. The number of nitrogens with zero attached hydrogens (tertiary/aromatic N) is 1. The Morgan fingerprint density at radius 1 is 1.30 bits per heavy atom. The fourth-order valence-corrected chi connectivity index (χ4v) is 2.97. The molecule has 1 aliphatic heterocycles. The van der Waals surface area contributed by atoms with E-state index in [-0.39, 0.29) is 5.92 Å². The average molecular weight is 277 g/mol. The summed E-state index contributed by atoms with van der Waals surface area (Å²) in [5, 5.41) is 19.0. The molecule has 0 aromatic heterocycles. The molecule has 2 unspecified atom stereocenters. The van der Waals surface area contributed by atoms with Crippen molar-refractivity contribution >= 4 is 5.97 Å². The van der Waals surface area contributed by atoms with E-state index in [9.17, 15) is 15.0 Å². The summed E-state index contributed by atoms with van der Waals surface area (Å²) >= 11 is 0. The molecule has 0 aliphatic carbocycles. The van der Waals surface area contributed by atoms with Gasteiger partial charge in [0.2, 0.25) is 0 Å². The number of piperidine rings is 1. The molecule has 110 valence electrons. The van der Waals surface area contributed by atoms with Crippen molar-refractivity contribution in [2.45, 2.75) is 46.2 Å². The highest BCUT2D eigenvalue weighted by Gasteiger charge is 2.29. The molecule has 1 heterocycles. The minimum Gasteiger partial charge on any atom is -0.507 e. The van der Waals surface area contributed by atoms with Crippen LogP contribution >= 0.6 is 0 Å². The van der Waals surface area contributed by atoms with Crippen molar-refractivity contribution in [1.29, 1.82) is 0 Å². The molecule has 20 heavy (non-hydrogen) atoms. The van der Waals surface area contributed by atoms with Crippen LogP contribution in [-0.2, 0) is 11.3 Å². The number of carbonyl (C=O) groups is 1. The van der Waals surface area contributed by atoms with Crippen LogP contribution in [0.1, 0.15) is 36.5 Å². The first kappa shape index (κ1) is 14.9. The van der Waals surface area contributed by atoms with Crippen LogP contribution in [0.3, 0.4) is 0 Å². The van der Waals surface area contributed by atoms with Crippen LogP contribution in [-0.4, -0.2) is 33.7 Å². The summed E-state index contributed by atoms with van der Waals surface area (Å²) < 4.78 is 0. The molecule has 4 nitrogen and oxygen atoms in total. The SMILES string of the molecule is Cc1cc(CN2CC(C(=O)O)CCC2C)cc(C)c1O. The van der Waals surface area contributed by atoms with Gasteiger partial charge in [-0.3, -0.25) is 9.69 Å². The van der Waals surface area contributed by atoms with Gasteiger partial charge in [-0.25, -0.2) is 0 Å². The maximum atomic E-state index is 11.2. The summed E-state index contributed by atoms with van der Waals surface area (Å²) in [5.41, 5.74) is 2.88. The lowest BCUT2D eigenvalue weighted by atomic mass is 9.93. The highest BCUT2D eigenvalue weighted by atomic mass is 16.4. The Morgan fingerprint density at radius 3 is 2.45 bits per heavy atom. The smallest absolute Gasteiger partial charge is 0.307 e. The van der Waals surface area contributed by atoms with Crippen molar-refractivity contribution in [2.24, 2.45) is 5.92 Å². The number of aromatic hydroxyl groups is 1. The van der Waals surface area contributed by atoms with E-state index in [0.717, 1.165) is 36.1 Å². The Morgan fingerprint density at radius 2 is 1.90 bits per heavy atom. The van der Waals surface area contributed by atoms with Gasteiger partial charge in [-0.05, 0) is 50.3 Å². The second-order valence-corrected chi connectivity index (χ2v) is 5.97. The number of aliphatic carboxylic acids is 1. The Kier molecular flexibility index (Phi) is 4.33. The normalized spacial score (nSPS) is 23.8. The number of phenolic OH excluding ortho intramolecular Hbond substituents is 1. The fraction of sp³-hybridized carbons (Fsp3) is 0.562. The molecule has 1 saturated heterocycles. The molecule has 0 bridgehead atoms. The first-order valence-electron chi connectivity index (χ1n) is 7.14. The van der Waals surface area contributed by atoms with Gasteiger partial charge in [0, 0.05) is 19.1 Å². The van der Waals surface area contributed by atoms with E-state index in [4.69, 9.17) is 0 Å². The molecule has 0 amide bonds. The number of carboxylic acids is 1. The van der Waals surface area contributed by atoms with Crippen LogP contribution < -0.4 is 0 Å². The van der Waals surface area contributed by atoms with Crippen LogP contribution in [0.15, 0.2) is 12.1 Å². The summed E-state index contributed by atoms with van der Waals surface area (Å²) in [6, 6.07) is 4.37. The van der Waals surface area contributed by atoms with Gasteiger partial charge in [-0.15, -0.1) is 0 Å². The zero-order chi connectivity index (χ0) is 14.9. The van der Waals surface area contributed by atoms with Gasteiger partial charge in [0.25, 0.3) is 0 Å². The Labute approximate surface area is 120 Å². The highest BCUT2D eigenvalue weighted by Crippen LogP contribution is 2.27. The molecule has 2 N–H and O–H groups in total. The number of carboxylic acid groups (broad SMARTS) is 1. The van der Waals surface area contributed by atoms with Gasteiger partial charge in [0.1, 0.15) is 5.75 Å². The van der Waals surface area contributed by atoms with Crippen LogP contribution in [0.2, 0.25) is 0 Å². The molecule has 1 aliphatic rings. The first-order chi connectivity index (χ1) is 9.38. The van der Waals surface area contributed by atoms with Gasteiger partial charge >= 0.3 is 5.97 Å². The zero-order valence-electron chi connectivity index (χ0n) is 12.4. The van der Waals surface area contributed by atoms with E-state index in [1.165, 1.54) is 0 Å². The van der Waals surface area contributed by atoms with E-state index >= 15 is 0 Å². The number of aryl methyl sites for hydroxylation is 2. The average Bonchev–Trinajstić information content (AvgIpc) is 2.38. The van der Waals surface area contributed by atoms with Crippen molar-refractivity contribution < 1.29 is 15.0 Å². The molecular formula is C16H23NO3. The van der Waals surface area contributed by atoms with Crippen molar-refractivity contribution in [3.8, 4) is 5.75 Å². The third-order valence-electron chi connectivity index (χ3n) is 4.30. The van der Waals surface area contributed by atoms with Gasteiger partial charge in [0.05, 0.1) is 5.92 Å². The first-order valence-corrected chi connectivity index (χ1v) is 7.14. The lowest BCUT2D eigenvalue weighted by molar-refractivity contribution is -0.144. The topological polar surface area (TPSA) is 60.8 Å². The standard InChI is InChI=1S/C16H23NO3/c1-10-6-13(7-11(2)15(10)18)8-17-9-14(16(19)20)5-4-12(17)3/h6-7,12,14,18H,4-5,8-9H2,1-3H3,(H,19,20). The predicted molar refractivity (Wildman–Crippen MR) is 77.8 cm³/mol. The maximum Gasteiger partial charge on any atom is 0.307 e. The quantitative estimate of drug-likeness (QED) is 0.891. The largest absolute Gasteiger partial charge is 0.507 e. The third-order valence-corrected chi connectivity index (χ3v) is 4.30. The van der Waals surface area contributed by atoms with Crippen LogP contribution in [0.25, 0.3) is 0 Å². The van der Waals surface area contributed by atoms with E-state index in [2.05, 4.69) is 11.8 Å². The van der Waals surface area contributed by atoms with Crippen molar-refractivity contribution in [3.05, 3.63) is 28.8 Å². The number of likely N-dealkylation sites (tertiary alicyclic amines) is 1. The molecular weight excluding hydrogens is 254 g/mol. The fourth-order valence-electron chi connectivity index (χ4n) is 2.97. The second kappa shape index (κ2) is 5.83. The Hall–Kier alpha value is -1.55.